The summed E-state index contributed by atoms with van der Waals surface area (Å²) in [5.74, 6) is 0.573. The van der Waals surface area contributed by atoms with Crippen molar-refractivity contribution in [3.63, 3.8) is 0 Å². The topological polar surface area (TPSA) is 75.6 Å². The Morgan fingerprint density at radius 2 is 2.08 bits per heavy atom. The van der Waals surface area contributed by atoms with Gasteiger partial charge < -0.3 is 5.32 Å². The van der Waals surface area contributed by atoms with Crippen LogP contribution in [0.2, 0.25) is 0 Å². The number of rotatable bonds is 8. The van der Waals surface area contributed by atoms with Gasteiger partial charge in [0.05, 0.1) is 0 Å². The fraction of sp³-hybridized carbons (Fsp3) is 1.00. The Balaban J connectivity index is 3.09. The number of nitrogens with one attached hydrogen (secondary N) is 1. The summed E-state index contributed by atoms with van der Waals surface area (Å²) >= 11 is 0.760. The summed E-state index contributed by atoms with van der Waals surface area (Å²) in [5, 5.41) is 3.01. The van der Waals surface area contributed by atoms with Gasteiger partial charge in [-0.25, -0.2) is 0 Å². The minimum absolute atomic E-state index is 0.573. The fourth-order valence-corrected chi connectivity index (χ4v) is 1.81. The molecule has 0 aliphatic heterocycles. The molecule has 0 aromatic heterocycles. The lowest BCUT2D eigenvalue weighted by molar-refractivity contribution is 0.407. The van der Waals surface area contributed by atoms with Gasteiger partial charge in [-0.05, 0) is 26.4 Å². The molecule has 13 heavy (non-hydrogen) atoms. The Morgan fingerprint density at radius 1 is 1.38 bits per heavy atom. The van der Waals surface area contributed by atoms with Crippen LogP contribution in [0.1, 0.15) is 19.3 Å². The molecule has 2 N–H and O–H groups in total. The summed E-state index contributed by atoms with van der Waals surface area (Å²) in [6, 6.07) is 0. The predicted molar refractivity (Wildman–Crippen MR) is 52.9 cm³/mol. The summed E-state index contributed by atoms with van der Waals surface area (Å²) in [6.45, 7) is 0.962. The fourth-order valence-electron chi connectivity index (χ4n) is 0.734. The smallest absolute Gasteiger partial charge is 0.320 e. The Morgan fingerprint density at radius 3 is 2.62 bits per heavy atom. The van der Waals surface area contributed by atoms with Crippen LogP contribution in [0, 0.1) is 0 Å². The molecule has 0 aliphatic carbocycles. The molecule has 80 valence electrons. The molecule has 0 aromatic rings. The van der Waals surface area contributed by atoms with E-state index in [0.29, 0.717) is 5.75 Å². The van der Waals surface area contributed by atoms with Gasteiger partial charge in [-0.2, -0.15) is 12.0 Å². The Bertz CT molecular complexity index is 205. The molecule has 7 heteroatoms. The molecule has 0 bridgehead atoms. The molecule has 0 unspecified atom stereocenters. The first kappa shape index (κ1) is 13.2. The molecule has 0 saturated carbocycles. The molecular formula is C6H15NO4S2. The normalized spacial score (nSPS) is 11.8. The molecule has 5 nitrogen and oxygen atoms in total. The van der Waals surface area contributed by atoms with Crippen molar-refractivity contribution in [2.45, 2.75) is 19.3 Å². The Labute approximate surface area is 83.4 Å². The monoisotopic (exact) mass is 229 g/mol. The third-order valence-corrected chi connectivity index (χ3v) is 2.82. The van der Waals surface area contributed by atoms with Gasteiger partial charge in [-0.1, -0.05) is 6.42 Å². The van der Waals surface area contributed by atoms with Crippen LogP contribution >= 0.6 is 12.0 Å². The van der Waals surface area contributed by atoms with Crippen molar-refractivity contribution in [1.82, 2.24) is 5.32 Å². The quantitative estimate of drug-likeness (QED) is 0.365. The van der Waals surface area contributed by atoms with Crippen molar-refractivity contribution in [3.05, 3.63) is 0 Å². The molecule has 0 radical (unpaired) electrons. The molecule has 0 aromatic carbocycles. The highest BCUT2D eigenvalue weighted by atomic mass is 32.3. The van der Waals surface area contributed by atoms with Crippen molar-refractivity contribution < 1.29 is 16.6 Å². The van der Waals surface area contributed by atoms with Gasteiger partial charge in [0, 0.05) is 17.8 Å². The van der Waals surface area contributed by atoms with Crippen LogP contribution in [0.25, 0.3) is 0 Å². The molecular weight excluding hydrogens is 214 g/mol. The van der Waals surface area contributed by atoms with Gasteiger partial charge in [-0.15, -0.1) is 0 Å². The van der Waals surface area contributed by atoms with E-state index in [1.54, 1.807) is 0 Å². The van der Waals surface area contributed by atoms with Crippen molar-refractivity contribution in [3.8, 4) is 0 Å². The lowest BCUT2D eigenvalue weighted by atomic mass is 10.2. The minimum Gasteiger partial charge on any atom is -0.320 e. The van der Waals surface area contributed by atoms with E-state index in [1.807, 2.05) is 7.05 Å². The maximum Gasteiger partial charge on any atom is 0.408 e. The van der Waals surface area contributed by atoms with E-state index < -0.39 is 10.4 Å². The first-order valence-electron chi connectivity index (χ1n) is 3.99. The van der Waals surface area contributed by atoms with Crippen LogP contribution in [-0.4, -0.2) is 32.3 Å². The van der Waals surface area contributed by atoms with Crippen LogP contribution in [-0.2, 0) is 14.0 Å². The lowest BCUT2D eigenvalue weighted by Crippen LogP contribution is -2.07. The number of hydrogen-bond acceptors (Lipinski definition) is 5. The molecule has 0 rings (SSSR count). The van der Waals surface area contributed by atoms with Crippen LogP contribution in [0.15, 0.2) is 0 Å². The van der Waals surface area contributed by atoms with Crippen LogP contribution in [0.5, 0.6) is 0 Å². The zero-order chi connectivity index (χ0) is 10.2. The Hall–Kier alpha value is 0.180. The molecule has 0 amide bonds. The predicted octanol–water partition coefficient (Wildman–Crippen LogP) is 0.844. The van der Waals surface area contributed by atoms with E-state index in [9.17, 15) is 8.42 Å². The summed E-state index contributed by atoms with van der Waals surface area (Å²) < 4.78 is 32.4. The average molecular weight is 229 g/mol. The third-order valence-electron chi connectivity index (χ3n) is 1.29. The Kier molecular flexibility index (Phi) is 7.68. The van der Waals surface area contributed by atoms with Gasteiger partial charge >= 0.3 is 10.4 Å². The second-order valence-electron chi connectivity index (χ2n) is 2.48. The lowest BCUT2D eigenvalue weighted by Gasteiger charge is -1.99. The largest absolute Gasteiger partial charge is 0.408 e. The van der Waals surface area contributed by atoms with Gasteiger partial charge in [0.15, 0.2) is 0 Å². The zero-order valence-corrected chi connectivity index (χ0v) is 9.16. The number of unbranched alkanes of at least 4 members (excludes halogenated alkanes) is 2. The molecule has 0 fully saturated rings. The van der Waals surface area contributed by atoms with Crippen molar-refractivity contribution in [2.24, 2.45) is 0 Å². The van der Waals surface area contributed by atoms with Gasteiger partial charge in [0.25, 0.3) is 0 Å². The van der Waals surface area contributed by atoms with Gasteiger partial charge in [0.2, 0.25) is 0 Å². The van der Waals surface area contributed by atoms with Gasteiger partial charge in [0.1, 0.15) is 0 Å². The van der Waals surface area contributed by atoms with E-state index in [1.165, 1.54) is 0 Å². The van der Waals surface area contributed by atoms with E-state index in [2.05, 4.69) is 8.95 Å². The second-order valence-corrected chi connectivity index (χ2v) is 4.53. The highest BCUT2D eigenvalue weighted by Gasteiger charge is 2.03. The van der Waals surface area contributed by atoms with Crippen molar-refractivity contribution in [2.75, 3.05) is 19.3 Å². The van der Waals surface area contributed by atoms with E-state index in [4.69, 9.17) is 4.55 Å². The average Bonchev–Trinajstić information content (AvgIpc) is 2.01. The van der Waals surface area contributed by atoms with E-state index in [0.717, 1.165) is 37.8 Å². The van der Waals surface area contributed by atoms with Crippen molar-refractivity contribution >= 4 is 22.4 Å². The minimum atomic E-state index is -4.27. The molecule has 0 heterocycles. The third kappa shape index (κ3) is 12.2. The summed E-state index contributed by atoms with van der Waals surface area (Å²) in [4.78, 5) is 0. The first-order valence-corrected chi connectivity index (χ1v) is 6.27. The molecule has 0 spiro atoms. The highest BCUT2D eigenvalue weighted by molar-refractivity contribution is 8.02. The summed E-state index contributed by atoms with van der Waals surface area (Å²) in [5.41, 5.74) is 0. The SMILES string of the molecule is CNCCCCCSOS(=O)(=O)O. The summed E-state index contributed by atoms with van der Waals surface area (Å²) in [6.07, 6.45) is 2.95. The maximum absolute atomic E-state index is 10.1. The van der Waals surface area contributed by atoms with Crippen molar-refractivity contribution in [1.29, 1.82) is 0 Å². The second kappa shape index (κ2) is 7.57. The highest BCUT2D eigenvalue weighted by Crippen LogP contribution is 2.10. The first-order chi connectivity index (χ1) is 6.06. The molecule has 0 atom stereocenters. The van der Waals surface area contributed by atoms with E-state index >= 15 is 0 Å². The van der Waals surface area contributed by atoms with Crippen LogP contribution in [0.3, 0.4) is 0 Å². The van der Waals surface area contributed by atoms with E-state index in [-0.39, 0.29) is 0 Å². The molecule has 0 saturated heterocycles. The summed E-state index contributed by atoms with van der Waals surface area (Å²) in [7, 11) is -2.39. The zero-order valence-electron chi connectivity index (χ0n) is 7.52. The maximum atomic E-state index is 10.1. The molecule has 0 aliphatic rings. The van der Waals surface area contributed by atoms with Crippen LogP contribution in [0.4, 0.5) is 0 Å². The van der Waals surface area contributed by atoms with Gasteiger partial charge in [-0.3, -0.25) is 4.55 Å². The standard InChI is InChI=1S/C6H15NO4S2/c1-7-5-3-2-4-6-12-11-13(8,9)10/h7H,2-6H2,1H3,(H,8,9,10). The number of hydrogen-bond donors (Lipinski definition) is 2. The van der Waals surface area contributed by atoms with Crippen LogP contribution < -0.4 is 5.32 Å².